The molecule has 122 valence electrons. The van der Waals surface area contributed by atoms with Gasteiger partial charge in [0, 0.05) is 26.8 Å². The molecule has 0 fully saturated rings. The van der Waals surface area contributed by atoms with E-state index in [-0.39, 0.29) is 10.5 Å². The average molecular weight is 310 g/mol. The number of quaternary nitrogens is 1. The minimum absolute atomic E-state index is 0.236. The lowest BCUT2D eigenvalue weighted by molar-refractivity contribution is -0.832. The molecule has 0 heterocycles. The molecule has 0 aliphatic heterocycles. The van der Waals surface area contributed by atoms with Crippen molar-refractivity contribution < 1.29 is 23.9 Å². The van der Waals surface area contributed by atoms with Gasteiger partial charge in [0.25, 0.3) is 5.91 Å². The standard InChI is InChI=1S/C15H23N3O4/c1-16-14(20)18(3,4)12(11-9-7-6-8-10-11)13(19)17(2)15(21)22-5/h6-10,12,15,21H,1-5H3/p+1/t12-,15?/m1/s1. The van der Waals surface area contributed by atoms with Gasteiger partial charge in [-0.2, -0.15) is 0 Å². The first kappa shape index (κ1) is 18.1. The number of ether oxygens (including phenoxy) is 1. The Bertz CT molecular complexity index is 519. The fourth-order valence-electron chi connectivity index (χ4n) is 2.29. The number of hydrogen-bond acceptors (Lipinski definition) is 4. The summed E-state index contributed by atoms with van der Waals surface area (Å²) >= 11 is 0. The van der Waals surface area contributed by atoms with Crippen molar-refractivity contribution in [1.29, 1.82) is 0 Å². The van der Waals surface area contributed by atoms with Gasteiger partial charge in [0.2, 0.25) is 12.5 Å². The fourth-order valence-corrected chi connectivity index (χ4v) is 2.29. The van der Waals surface area contributed by atoms with E-state index in [1.54, 1.807) is 38.4 Å². The van der Waals surface area contributed by atoms with Crippen LogP contribution in [0.2, 0.25) is 0 Å². The van der Waals surface area contributed by atoms with Gasteiger partial charge in [0.1, 0.15) is 0 Å². The van der Waals surface area contributed by atoms with Crippen molar-refractivity contribution >= 4 is 11.9 Å². The topological polar surface area (TPSA) is 78.9 Å². The number of aliphatic hydroxyl groups excluding tert-OH is 1. The second-order valence-electron chi connectivity index (χ2n) is 5.42. The van der Waals surface area contributed by atoms with Gasteiger partial charge < -0.3 is 15.2 Å². The molecular formula is C15H24N3O4+. The smallest absolute Gasteiger partial charge is 0.351 e. The van der Waals surface area contributed by atoms with E-state index >= 15 is 0 Å². The molecule has 0 aliphatic carbocycles. The Hall–Kier alpha value is -1.96. The zero-order chi connectivity index (χ0) is 16.9. The van der Waals surface area contributed by atoms with E-state index in [1.807, 2.05) is 6.07 Å². The Morgan fingerprint density at radius 2 is 1.82 bits per heavy atom. The number of methoxy groups -OCH3 is 1. The third-order valence-electron chi connectivity index (χ3n) is 3.62. The number of rotatable bonds is 5. The van der Waals surface area contributed by atoms with Crippen LogP contribution in [0.1, 0.15) is 11.6 Å². The molecule has 3 amide bonds. The Morgan fingerprint density at radius 1 is 1.27 bits per heavy atom. The molecule has 1 unspecified atom stereocenters. The highest BCUT2D eigenvalue weighted by Crippen LogP contribution is 2.27. The molecule has 2 atom stereocenters. The van der Waals surface area contributed by atoms with E-state index in [9.17, 15) is 14.7 Å². The first-order valence-electron chi connectivity index (χ1n) is 6.85. The highest BCUT2D eigenvalue weighted by molar-refractivity contribution is 5.84. The number of likely N-dealkylation sites (N-methyl/N-ethyl adjacent to an activating group) is 2. The SMILES string of the molecule is CNC(=O)[N+](C)(C)[C@@H](C(=O)N(C)C(O)OC)c1ccccc1. The molecule has 0 aliphatic rings. The zero-order valence-corrected chi connectivity index (χ0v) is 13.6. The van der Waals surface area contributed by atoms with Crippen molar-refractivity contribution in [3.05, 3.63) is 35.9 Å². The summed E-state index contributed by atoms with van der Waals surface area (Å²) in [5, 5.41) is 12.3. The van der Waals surface area contributed by atoms with Crippen LogP contribution in [-0.4, -0.2) is 68.1 Å². The summed E-state index contributed by atoms with van der Waals surface area (Å²) < 4.78 is 4.54. The number of nitrogens with one attached hydrogen (secondary N) is 1. The summed E-state index contributed by atoms with van der Waals surface area (Å²) in [6.45, 7) is 0. The number of benzene rings is 1. The van der Waals surface area contributed by atoms with Gasteiger partial charge in [-0.1, -0.05) is 30.3 Å². The van der Waals surface area contributed by atoms with E-state index in [4.69, 9.17) is 4.74 Å². The third kappa shape index (κ3) is 3.62. The van der Waals surface area contributed by atoms with Crippen LogP contribution in [0, 0.1) is 0 Å². The lowest BCUT2D eigenvalue weighted by Gasteiger charge is -2.36. The van der Waals surface area contributed by atoms with E-state index in [0.29, 0.717) is 5.56 Å². The Balaban J connectivity index is 3.30. The molecule has 2 N–H and O–H groups in total. The molecular weight excluding hydrogens is 286 g/mol. The lowest BCUT2D eigenvalue weighted by Crippen LogP contribution is -2.58. The maximum atomic E-state index is 12.8. The molecule has 7 heteroatoms. The Labute approximate surface area is 130 Å². The van der Waals surface area contributed by atoms with E-state index in [2.05, 4.69) is 5.32 Å². The number of carbonyl (C=O) groups excluding carboxylic acids is 2. The Morgan fingerprint density at radius 3 is 2.27 bits per heavy atom. The minimum Gasteiger partial charge on any atom is -0.351 e. The summed E-state index contributed by atoms with van der Waals surface area (Å²) in [5.74, 6) is -0.422. The summed E-state index contributed by atoms with van der Waals surface area (Å²) in [6.07, 6.45) is -1.37. The van der Waals surface area contributed by atoms with Gasteiger partial charge in [0.15, 0.2) is 0 Å². The van der Waals surface area contributed by atoms with Crippen LogP contribution in [0.4, 0.5) is 4.79 Å². The Kier molecular flexibility index (Phi) is 6.04. The average Bonchev–Trinajstić information content (AvgIpc) is 2.53. The van der Waals surface area contributed by atoms with Crippen molar-refractivity contribution in [2.75, 3.05) is 35.3 Å². The highest BCUT2D eigenvalue weighted by atomic mass is 16.6. The molecule has 0 bridgehead atoms. The van der Waals surface area contributed by atoms with Crippen LogP contribution < -0.4 is 5.32 Å². The van der Waals surface area contributed by atoms with Crippen molar-refractivity contribution in [3.8, 4) is 0 Å². The van der Waals surface area contributed by atoms with E-state index in [0.717, 1.165) is 4.90 Å². The zero-order valence-electron chi connectivity index (χ0n) is 13.6. The van der Waals surface area contributed by atoms with Gasteiger partial charge >= 0.3 is 6.03 Å². The summed E-state index contributed by atoms with van der Waals surface area (Å²) in [7, 11) is 7.52. The number of amides is 3. The van der Waals surface area contributed by atoms with Gasteiger partial charge in [-0.25, -0.2) is 9.28 Å². The first-order chi connectivity index (χ1) is 10.3. The van der Waals surface area contributed by atoms with E-state index in [1.165, 1.54) is 21.2 Å². The number of hydrogen-bond donors (Lipinski definition) is 2. The van der Waals surface area contributed by atoms with Crippen LogP contribution in [0.25, 0.3) is 0 Å². The molecule has 0 radical (unpaired) electrons. The second kappa shape index (κ2) is 7.35. The predicted molar refractivity (Wildman–Crippen MR) is 81.5 cm³/mol. The molecule has 0 aromatic heterocycles. The molecule has 7 nitrogen and oxygen atoms in total. The molecule has 22 heavy (non-hydrogen) atoms. The van der Waals surface area contributed by atoms with Gasteiger partial charge in [0.05, 0.1) is 14.1 Å². The van der Waals surface area contributed by atoms with Crippen LogP contribution in [0.3, 0.4) is 0 Å². The molecule has 0 spiro atoms. The third-order valence-corrected chi connectivity index (χ3v) is 3.62. The van der Waals surface area contributed by atoms with Crippen molar-refractivity contribution in [1.82, 2.24) is 10.2 Å². The maximum absolute atomic E-state index is 12.8. The molecule has 1 aromatic rings. The summed E-state index contributed by atoms with van der Waals surface area (Å²) in [4.78, 5) is 26.1. The number of aliphatic hydroxyl groups is 1. The van der Waals surface area contributed by atoms with Crippen LogP contribution in [-0.2, 0) is 9.53 Å². The van der Waals surface area contributed by atoms with Gasteiger partial charge in [-0.15, -0.1) is 0 Å². The van der Waals surface area contributed by atoms with Gasteiger partial charge in [-0.05, 0) is 0 Å². The quantitative estimate of drug-likeness (QED) is 0.614. The normalized spacial score (nSPS) is 14.1. The largest absolute Gasteiger partial charge is 0.416 e. The maximum Gasteiger partial charge on any atom is 0.416 e. The monoisotopic (exact) mass is 310 g/mol. The molecule has 0 saturated heterocycles. The lowest BCUT2D eigenvalue weighted by atomic mass is 10.0. The summed E-state index contributed by atoms with van der Waals surface area (Å²) in [5.41, 5.74) is 0.677. The molecule has 1 aromatic carbocycles. The highest BCUT2D eigenvalue weighted by Gasteiger charge is 2.44. The summed E-state index contributed by atoms with van der Waals surface area (Å²) in [6, 6.07) is 7.85. The molecule has 0 saturated carbocycles. The van der Waals surface area contributed by atoms with Crippen LogP contribution in [0.15, 0.2) is 30.3 Å². The predicted octanol–water partition coefficient (Wildman–Crippen LogP) is 0.524. The second-order valence-corrected chi connectivity index (χ2v) is 5.42. The van der Waals surface area contributed by atoms with Gasteiger partial charge in [-0.3, -0.25) is 9.69 Å². The molecule has 1 rings (SSSR count). The number of carbonyl (C=O) groups is 2. The minimum atomic E-state index is -1.37. The first-order valence-corrected chi connectivity index (χ1v) is 6.85. The van der Waals surface area contributed by atoms with E-state index < -0.39 is 18.4 Å². The number of urea groups is 1. The van der Waals surface area contributed by atoms with Crippen molar-refractivity contribution in [3.63, 3.8) is 0 Å². The fraction of sp³-hybridized carbons (Fsp3) is 0.467. The van der Waals surface area contributed by atoms with Crippen molar-refractivity contribution in [2.24, 2.45) is 0 Å². The van der Waals surface area contributed by atoms with Crippen molar-refractivity contribution in [2.45, 2.75) is 12.5 Å². The van der Waals surface area contributed by atoms with Crippen LogP contribution in [0.5, 0.6) is 0 Å². The van der Waals surface area contributed by atoms with Crippen LogP contribution >= 0.6 is 0 Å². The number of nitrogens with zero attached hydrogens (tertiary/aromatic N) is 2.